The molecule has 0 aliphatic rings. The molecule has 2 aromatic carbocycles. The molecule has 2 rings (SSSR count). The summed E-state index contributed by atoms with van der Waals surface area (Å²) in [5.74, 6) is -11.1. The Labute approximate surface area is 152 Å². The third kappa shape index (κ3) is 4.46. The van der Waals surface area contributed by atoms with Gasteiger partial charge < -0.3 is 11.1 Å². The largest absolute Gasteiger partial charge is 0.422 e. The molecule has 0 fully saturated rings. The first-order chi connectivity index (χ1) is 12.4. The highest BCUT2D eigenvalue weighted by atomic mass is 32.2. The summed E-state index contributed by atoms with van der Waals surface area (Å²) in [6, 6.07) is 6.26. The van der Waals surface area contributed by atoms with Crippen LogP contribution in [0.15, 0.2) is 29.2 Å². The molecule has 146 valence electrons. The lowest BCUT2D eigenvalue weighted by molar-refractivity contribution is -0.143. The predicted octanol–water partition coefficient (Wildman–Crippen LogP) is 4.96. The maximum Gasteiger partial charge on any atom is 0.422 e. The number of rotatable bonds is 4. The van der Waals surface area contributed by atoms with Gasteiger partial charge in [0.15, 0.2) is 23.3 Å². The SMILES string of the molecule is CC(Sc1cccc(N)c1)C(=O)Nc1c(F)c(F)c(C(F)(F)F)c(F)c1F. The number of alkyl halides is 3. The highest BCUT2D eigenvalue weighted by Gasteiger charge is 2.42. The Bertz CT molecular complexity index is 857. The molecule has 2 aromatic rings. The number of carbonyl (C=O) groups is 1. The summed E-state index contributed by atoms with van der Waals surface area (Å²) < 4.78 is 92.4. The average Bonchev–Trinajstić information content (AvgIpc) is 2.55. The first kappa shape index (κ1) is 20.9. The van der Waals surface area contributed by atoms with Crippen LogP contribution in [0.2, 0.25) is 0 Å². The van der Waals surface area contributed by atoms with Crippen molar-refractivity contribution in [3.05, 3.63) is 53.1 Å². The molecular formula is C16H11F7N2OS. The van der Waals surface area contributed by atoms with E-state index in [1.165, 1.54) is 13.0 Å². The van der Waals surface area contributed by atoms with Gasteiger partial charge >= 0.3 is 6.18 Å². The summed E-state index contributed by atoms with van der Waals surface area (Å²) in [6.45, 7) is 1.32. The Balaban J connectivity index is 2.30. The fraction of sp³-hybridized carbons (Fsp3) is 0.188. The highest BCUT2D eigenvalue weighted by molar-refractivity contribution is 8.00. The molecule has 0 aliphatic carbocycles. The van der Waals surface area contributed by atoms with Crippen LogP contribution in [-0.2, 0) is 11.0 Å². The zero-order chi connectivity index (χ0) is 20.5. The molecule has 11 heteroatoms. The fourth-order valence-corrected chi connectivity index (χ4v) is 3.00. The van der Waals surface area contributed by atoms with Crippen LogP contribution >= 0.6 is 11.8 Å². The number of thioether (sulfide) groups is 1. The second-order valence-corrected chi connectivity index (χ2v) is 6.74. The van der Waals surface area contributed by atoms with Crippen LogP contribution in [0.4, 0.5) is 42.1 Å². The van der Waals surface area contributed by atoms with Crippen molar-refractivity contribution in [1.29, 1.82) is 0 Å². The van der Waals surface area contributed by atoms with E-state index in [1.807, 2.05) is 0 Å². The number of hydrogen-bond donors (Lipinski definition) is 2. The second-order valence-electron chi connectivity index (χ2n) is 5.33. The van der Waals surface area contributed by atoms with E-state index in [-0.39, 0.29) is 0 Å². The molecule has 0 radical (unpaired) electrons. The van der Waals surface area contributed by atoms with Gasteiger partial charge in [0, 0.05) is 10.6 Å². The number of nitrogens with one attached hydrogen (secondary N) is 1. The number of hydrogen-bond acceptors (Lipinski definition) is 3. The molecule has 0 spiro atoms. The van der Waals surface area contributed by atoms with Gasteiger partial charge in [-0.25, -0.2) is 17.6 Å². The molecule has 0 heterocycles. The lowest BCUT2D eigenvalue weighted by Crippen LogP contribution is -2.25. The molecule has 0 saturated carbocycles. The molecule has 3 N–H and O–H groups in total. The van der Waals surface area contributed by atoms with Crippen molar-refractivity contribution in [2.75, 3.05) is 11.1 Å². The van der Waals surface area contributed by atoms with Crippen molar-refractivity contribution >= 4 is 29.0 Å². The Kier molecular flexibility index (Phi) is 5.93. The van der Waals surface area contributed by atoms with E-state index in [0.29, 0.717) is 10.6 Å². The summed E-state index contributed by atoms with van der Waals surface area (Å²) in [5, 5.41) is 0.570. The van der Waals surface area contributed by atoms with E-state index in [1.54, 1.807) is 23.5 Å². The van der Waals surface area contributed by atoms with Gasteiger partial charge in [0.2, 0.25) is 5.91 Å². The van der Waals surface area contributed by atoms with E-state index in [2.05, 4.69) is 0 Å². The van der Waals surface area contributed by atoms with Crippen LogP contribution < -0.4 is 11.1 Å². The van der Waals surface area contributed by atoms with Gasteiger partial charge in [-0.1, -0.05) is 6.07 Å². The van der Waals surface area contributed by atoms with Crippen LogP contribution in [-0.4, -0.2) is 11.2 Å². The number of nitrogen functional groups attached to an aromatic ring is 1. The van der Waals surface area contributed by atoms with Crippen molar-refractivity contribution in [2.45, 2.75) is 23.2 Å². The topological polar surface area (TPSA) is 55.1 Å². The Morgan fingerprint density at radius 3 is 2.11 bits per heavy atom. The Morgan fingerprint density at radius 1 is 1.07 bits per heavy atom. The van der Waals surface area contributed by atoms with Crippen LogP contribution in [0.5, 0.6) is 0 Å². The third-order valence-electron chi connectivity index (χ3n) is 3.34. The first-order valence-corrected chi connectivity index (χ1v) is 8.07. The van der Waals surface area contributed by atoms with Crippen molar-refractivity contribution < 1.29 is 35.5 Å². The standard InChI is InChI=1S/C16H11F7N2OS/c1-6(27-8-4-2-3-7(24)5-8)15(26)25-14-12(19)10(17)9(16(21,22)23)11(18)13(14)20/h2-6H,24H2,1H3,(H,25,26). The third-order valence-corrected chi connectivity index (χ3v) is 4.43. The van der Waals surface area contributed by atoms with E-state index in [9.17, 15) is 35.5 Å². The zero-order valence-electron chi connectivity index (χ0n) is 13.4. The fourth-order valence-electron chi connectivity index (χ4n) is 2.06. The Hall–Kier alpha value is -2.43. The van der Waals surface area contributed by atoms with E-state index in [0.717, 1.165) is 11.8 Å². The highest BCUT2D eigenvalue weighted by Crippen LogP contribution is 2.38. The summed E-state index contributed by atoms with van der Waals surface area (Å²) >= 11 is 0.908. The van der Waals surface area contributed by atoms with Gasteiger partial charge in [-0.15, -0.1) is 11.8 Å². The number of amides is 1. The number of nitrogens with two attached hydrogens (primary N) is 1. The molecule has 3 nitrogen and oxygen atoms in total. The number of benzene rings is 2. The van der Waals surface area contributed by atoms with Gasteiger partial charge in [0.25, 0.3) is 0 Å². The lowest BCUT2D eigenvalue weighted by Gasteiger charge is -2.16. The van der Waals surface area contributed by atoms with Crippen molar-refractivity contribution in [3.8, 4) is 0 Å². The molecule has 0 saturated heterocycles. The van der Waals surface area contributed by atoms with Gasteiger partial charge in [0.1, 0.15) is 11.3 Å². The van der Waals surface area contributed by atoms with Crippen LogP contribution in [0, 0.1) is 23.3 Å². The van der Waals surface area contributed by atoms with Gasteiger partial charge in [-0.2, -0.15) is 13.2 Å². The van der Waals surface area contributed by atoms with Crippen LogP contribution in [0.3, 0.4) is 0 Å². The Morgan fingerprint density at radius 2 is 1.63 bits per heavy atom. The molecule has 1 amide bonds. The summed E-state index contributed by atoms with van der Waals surface area (Å²) in [6.07, 6.45) is -5.66. The van der Waals surface area contributed by atoms with E-state index < -0.39 is 51.9 Å². The van der Waals surface area contributed by atoms with E-state index in [4.69, 9.17) is 5.73 Å². The zero-order valence-corrected chi connectivity index (χ0v) is 14.2. The van der Waals surface area contributed by atoms with E-state index >= 15 is 0 Å². The van der Waals surface area contributed by atoms with Crippen molar-refractivity contribution in [2.24, 2.45) is 0 Å². The minimum atomic E-state index is -5.66. The minimum Gasteiger partial charge on any atom is -0.399 e. The second kappa shape index (κ2) is 7.67. The average molecular weight is 412 g/mol. The smallest absolute Gasteiger partial charge is 0.399 e. The predicted molar refractivity (Wildman–Crippen MR) is 86.1 cm³/mol. The monoisotopic (exact) mass is 412 g/mol. The van der Waals surface area contributed by atoms with Gasteiger partial charge in [0.05, 0.1) is 5.25 Å². The first-order valence-electron chi connectivity index (χ1n) is 7.19. The summed E-state index contributed by atoms with van der Waals surface area (Å²) in [5.41, 5.74) is 1.61. The van der Waals surface area contributed by atoms with Gasteiger partial charge in [-0.05, 0) is 25.1 Å². The molecule has 0 aromatic heterocycles. The molecule has 1 unspecified atom stereocenters. The molecular weight excluding hydrogens is 401 g/mol. The van der Waals surface area contributed by atoms with Crippen molar-refractivity contribution in [1.82, 2.24) is 0 Å². The van der Waals surface area contributed by atoms with Crippen LogP contribution in [0.25, 0.3) is 0 Å². The minimum absolute atomic E-state index is 0.386. The number of anilines is 2. The number of carbonyl (C=O) groups excluding carboxylic acids is 1. The summed E-state index contributed by atoms with van der Waals surface area (Å²) in [4.78, 5) is 12.6. The molecule has 1 atom stereocenters. The molecule has 0 bridgehead atoms. The number of halogens is 7. The van der Waals surface area contributed by atoms with Crippen molar-refractivity contribution in [3.63, 3.8) is 0 Å². The van der Waals surface area contributed by atoms with Gasteiger partial charge in [-0.3, -0.25) is 4.79 Å². The quantitative estimate of drug-likeness (QED) is 0.323. The van der Waals surface area contributed by atoms with Crippen LogP contribution in [0.1, 0.15) is 12.5 Å². The lowest BCUT2D eigenvalue weighted by atomic mass is 10.1. The maximum atomic E-state index is 13.8. The maximum absolute atomic E-state index is 13.8. The molecule has 0 aliphatic heterocycles. The summed E-state index contributed by atoms with van der Waals surface area (Å²) in [7, 11) is 0. The normalized spacial score (nSPS) is 12.7. The molecule has 27 heavy (non-hydrogen) atoms.